The number of anilines is 1. The number of aromatic nitrogens is 1. The molecule has 5 nitrogen and oxygen atoms in total. The minimum Gasteiger partial charge on any atom is -0.507 e. The quantitative estimate of drug-likeness (QED) is 0.901. The smallest absolute Gasteiger partial charge is 0.180 e. The standard InChI is InChI=1S/C17H21N3O2S/c1-22-15-6-2-5-14(21)12(15)4-3-9-20-10-7-13-16(8-11-20)23-17(18)19-13/h2-6,21H,7-11H2,1H3,(H2,18,19). The number of methoxy groups -OCH3 is 1. The molecule has 23 heavy (non-hydrogen) atoms. The van der Waals surface area contributed by atoms with Gasteiger partial charge in [-0.1, -0.05) is 18.2 Å². The van der Waals surface area contributed by atoms with Gasteiger partial charge < -0.3 is 15.6 Å². The van der Waals surface area contributed by atoms with Gasteiger partial charge in [0.05, 0.1) is 18.4 Å². The Hall–Kier alpha value is -2.05. The number of hydrogen-bond donors (Lipinski definition) is 2. The average molecular weight is 331 g/mol. The van der Waals surface area contributed by atoms with Gasteiger partial charge in [-0.3, -0.25) is 4.90 Å². The van der Waals surface area contributed by atoms with Crippen molar-refractivity contribution in [2.75, 3.05) is 32.5 Å². The molecule has 0 fully saturated rings. The fourth-order valence-electron chi connectivity index (χ4n) is 2.81. The summed E-state index contributed by atoms with van der Waals surface area (Å²) in [6.45, 7) is 2.80. The third-order valence-electron chi connectivity index (χ3n) is 4.03. The lowest BCUT2D eigenvalue weighted by Crippen LogP contribution is -2.26. The molecule has 0 amide bonds. The number of hydrogen-bond acceptors (Lipinski definition) is 6. The normalized spacial score (nSPS) is 15.5. The lowest BCUT2D eigenvalue weighted by molar-refractivity contribution is 0.318. The zero-order valence-corrected chi connectivity index (χ0v) is 14.0. The first-order valence-electron chi connectivity index (χ1n) is 7.66. The van der Waals surface area contributed by atoms with Gasteiger partial charge in [0.25, 0.3) is 0 Å². The van der Waals surface area contributed by atoms with Crippen LogP contribution in [0.15, 0.2) is 24.3 Å². The highest BCUT2D eigenvalue weighted by atomic mass is 32.1. The number of phenolic OH excluding ortho intramolecular Hbond substituents is 1. The minimum atomic E-state index is 0.235. The second-order valence-corrected chi connectivity index (χ2v) is 6.63. The Kier molecular flexibility index (Phi) is 4.83. The summed E-state index contributed by atoms with van der Waals surface area (Å²) in [5.41, 5.74) is 7.65. The van der Waals surface area contributed by atoms with Crippen molar-refractivity contribution in [3.63, 3.8) is 0 Å². The fourth-order valence-corrected chi connectivity index (χ4v) is 3.68. The summed E-state index contributed by atoms with van der Waals surface area (Å²) in [4.78, 5) is 8.11. The van der Waals surface area contributed by atoms with Crippen molar-refractivity contribution in [2.45, 2.75) is 12.8 Å². The Balaban J connectivity index is 1.62. The lowest BCUT2D eigenvalue weighted by atomic mass is 10.1. The summed E-state index contributed by atoms with van der Waals surface area (Å²) in [5.74, 6) is 0.914. The number of phenols is 1. The van der Waals surface area contributed by atoms with Crippen LogP contribution < -0.4 is 10.5 Å². The van der Waals surface area contributed by atoms with Crippen LogP contribution in [0.25, 0.3) is 6.08 Å². The molecule has 0 saturated carbocycles. The molecule has 6 heteroatoms. The van der Waals surface area contributed by atoms with Gasteiger partial charge in [-0.2, -0.15) is 0 Å². The van der Waals surface area contributed by atoms with Crippen molar-refractivity contribution in [1.29, 1.82) is 0 Å². The number of nitrogens with zero attached hydrogens (tertiary/aromatic N) is 2. The van der Waals surface area contributed by atoms with Crippen molar-refractivity contribution >= 4 is 22.5 Å². The molecule has 1 aliphatic rings. The van der Waals surface area contributed by atoms with Crippen LogP contribution in [0.4, 0.5) is 5.13 Å². The van der Waals surface area contributed by atoms with E-state index in [-0.39, 0.29) is 5.75 Å². The molecule has 0 bridgehead atoms. The second kappa shape index (κ2) is 7.02. The Morgan fingerprint density at radius 2 is 2.22 bits per heavy atom. The maximum absolute atomic E-state index is 9.96. The van der Waals surface area contributed by atoms with Gasteiger partial charge in [-0.15, -0.1) is 11.3 Å². The molecule has 0 unspecified atom stereocenters. The zero-order valence-electron chi connectivity index (χ0n) is 13.2. The summed E-state index contributed by atoms with van der Waals surface area (Å²) < 4.78 is 5.29. The highest BCUT2D eigenvalue weighted by Crippen LogP contribution is 2.28. The predicted molar refractivity (Wildman–Crippen MR) is 94.1 cm³/mol. The van der Waals surface area contributed by atoms with E-state index in [0.717, 1.165) is 43.7 Å². The van der Waals surface area contributed by atoms with Crippen LogP contribution in [-0.2, 0) is 12.8 Å². The molecule has 1 aromatic heterocycles. The van der Waals surface area contributed by atoms with Crippen LogP contribution in [0.1, 0.15) is 16.1 Å². The van der Waals surface area contributed by atoms with Crippen LogP contribution in [0.2, 0.25) is 0 Å². The Morgan fingerprint density at radius 1 is 1.39 bits per heavy atom. The molecule has 1 aromatic carbocycles. The van der Waals surface area contributed by atoms with E-state index in [1.165, 1.54) is 4.88 Å². The summed E-state index contributed by atoms with van der Waals surface area (Å²) in [6.07, 6.45) is 5.93. The van der Waals surface area contributed by atoms with Gasteiger partial charge in [-0.05, 0) is 18.6 Å². The molecule has 1 aliphatic heterocycles. The van der Waals surface area contributed by atoms with E-state index in [9.17, 15) is 5.11 Å². The fraction of sp³-hybridized carbons (Fsp3) is 0.353. The van der Waals surface area contributed by atoms with Crippen LogP contribution >= 0.6 is 11.3 Å². The van der Waals surface area contributed by atoms with E-state index in [0.29, 0.717) is 10.9 Å². The van der Waals surface area contributed by atoms with Crippen LogP contribution in [0.3, 0.4) is 0 Å². The predicted octanol–water partition coefficient (Wildman–Crippen LogP) is 2.55. The minimum absolute atomic E-state index is 0.235. The molecule has 0 aliphatic carbocycles. The van der Waals surface area contributed by atoms with E-state index in [4.69, 9.17) is 10.5 Å². The number of fused-ring (bicyclic) bond motifs is 1. The van der Waals surface area contributed by atoms with Gasteiger partial charge in [0.2, 0.25) is 0 Å². The number of nitrogen functional groups attached to an aromatic ring is 1. The van der Waals surface area contributed by atoms with Crippen LogP contribution in [0, 0.1) is 0 Å². The molecule has 0 radical (unpaired) electrons. The summed E-state index contributed by atoms with van der Waals surface area (Å²) in [7, 11) is 1.61. The van der Waals surface area contributed by atoms with Crippen LogP contribution in [-0.4, -0.2) is 41.7 Å². The first kappa shape index (κ1) is 15.8. The van der Waals surface area contributed by atoms with Crippen molar-refractivity contribution in [2.24, 2.45) is 0 Å². The number of nitrogens with two attached hydrogens (primary N) is 1. The highest BCUT2D eigenvalue weighted by Gasteiger charge is 2.16. The number of rotatable bonds is 4. The Bertz CT molecular complexity index is 686. The summed E-state index contributed by atoms with van der Waals surface area (Å²) in [5, 5.41) is 10.6. The van der Waals surface area contributed by atoms with Gasteiger partial charge in [0.15, 0.2) is 5.13 Å². The van der Waals surface area contributed by atoms with Gasteiger partial charge >= 0.3 is 0 Å². The van der Waals surface area contributed by atoms with Crippen molar-refractivity contribution in [3.8, 4) is 11.5 Å². The lowest BCUT2D eigenvalue weighted by Gasteiger charge is -2.17. The largest absolute Gasteiger partial charge is 0.507 e. The van der Waals surface area contributed by atoms with E-state index < -0.39 is 0 Å². The van der Waals surface area contributed by atoms with Crippen LogP contribution in [0.5, 0.6) is 11.5 Å². The molecule has 0 atom stereocenters. The molecule has 0 spiro atoms. The Morgan fingerprint density at radius 3 is 3.04 bits per heavy atom. The highest BCUT2D eigenvalue weighted by molar-refractivity contribution is 7.15. The molecule has 3 rings (SSSR count). The maximum Gasteiger partial charge on any atom is 0.180 e. The number of benzene rings is 1. The Labute approximate surface area is 140 Å². The molecule has 2 aromatic rings. The molecule has 3 N–H and O–H groups in total. The van der Waals surface area contributed by atoms with E-state index in [1.807, 2.05) is 12.1 Å². The molecule has 0 saturated heterocycles. The third kappa shape index (κ3) is 3.65. The summed E-state index contributed by atoms with van der Waals surface area (Å²) >= 11 is 1.61. The maximum atomic E-state index is 9.96. The average Bonchev–Trinajstić information content (AvgIpc) is 2.80. The number of ether oxygens (including phenoxy) is 1. The third-order valence-corrected chi connectivity index (χ3v) is 5.01. The van der Waals surface area contributed by atoms with E-state index in [1.54, 1.807) is 30.6 Å². The van der Waals surface area contributed by atoms with Crippen molar-refractivity contribution in [1.82, 2.24) is 9.88 Å². The van der Waals surface area contributed by atoms with Crippen molar-refractivity contribution < 1.29 is 9.84 Å². The topological polar surface area (TPSA) is 71.6 Å². The zero-order chi connectivity index (χ0) is 16.2. The second-order valence-electron chi connectivity index (χ2n) is 5.52. The molecular weight excluding hydrogens is 310 g/mol. The van der Waals surface area contributed by atoms with E-state index in [2.05, 4.69) is 16.0 Å². The molecular formula is C17H21N3O2S. The summed E-state index contributed by atoms with van der Waals surface area (Å²) in [6, 6.07) is 5.29. The monoisotopic (exact) mass is 331 g/mol. The first-order valence-corrected chi connectivity index (χ1v) is 8.48. The van der Waals surface area contributed by atoms with Gasteiger partial charge in [0.1, 0.15) is 11.5 Å². The number of aromatic hydroxyl groups is 1. The first-order chi connectivity index (χ1) is 11.2. The van der Waals surface area contributed by atoms with Gasteiger partial charge in [0, 0.05) is 30.9 Å². The SMILES string of the molecule is COc1cccc(O)c1C=CCN1CCc2nc(N)sc2CC1. The van der Waals surface area contributed by atoms with Gasteiger partial charge in [-0.25, -0.2) is 4.98 Å². The number of thiazole rings is 1. The molecule has 122 valence electrons. The van der Waals surface area contributed by atoms with Crippen molar-refractivity contribution in [3.05, 3.63) is 40.4 Å². The molecule has 2 heterocycles. The van der Waals surface area contributed by atoms with E-state index >= 15 is 0 Å².